The van der Waals surface area contributed by atoms with Gasteiger partial charge in [-0.1, -0.05) is 61.5 Å². The molecule has 56 heavy (non-hydrogen) atoms. The number of fused-ring (bicyclic) bond motifs is 3. The summed E-state index contributed by atoms with van der Waals surface area (Å²) in [5.74, 6) is 1.26. The standard InChI is InChI=1S/C43H42N4O9/c1-5-10-37-45-38-25(2)19-29(41-44-32-13-8-9-14-33(32)46(41)4)20-34(38)47(37)21-27-15-17-28(18-16-27)30-11-6-7-12-31(30)42(49)54-26(3)55-43(50)56-36-23-52-39-35(53-24-48)22-51-40(36)39/h6-9,11-20,24,26,35-36,39-40H,5,10,21-23H2,1-4H3/t26?,35-,36-,39+,40+/m0/s1. The zero-order valence-electron chi connectivity index (χ0n) is 31.5. The SMILES string of the molecule is CCCc1nc2c(C)cc(-c3nc4ccccc4n3C)cc2n1Cc1ccc(-c2ccccc2C(=O)OC(C)OC(=O)O[C@H]2CO[C@H]3[C@@H]2OC[C@@H]3OC=O)cc1. The second-order valence-corrected chi connectivity index (χ2v) is 14.1. The Morgan fingerprint density at radius 2 is 1.62 bits per heavy atom. The van der Waals surface area contributed by atoms with E-state index in [2.05, 4.69) is 53.3 Å². The van der Waals surface area contributed by atoms with Gasteiger partial charge in [0, 0.05) is 32.5 Å². The first-order valence-corrected chi connectivity index (χ1v) is 18.7. The summed E-state index contributed by atoms with van der Waals surface area (Å²) in [6.07, 6.45) is -2.98. The van der Waals surface area contributed by atoms with Crippen molar-refractivity contribution in [3.8, 4) is 22.5 Å². The molecule has 0 amide bonds. The van der Waals surface area contributed by atoms with Crippen LogP contribution in [0, 0.1) is 6.92 Å². The molecule has 0 radical (unpaired) electrons. The second kappa shape index (κ2) is 15.6. The van der Waals surface area contributed by atoms with Crippen molar-refractivity contribution >= 4 is 40.7 Å². The first-order valence-electron chi connectivity index (χ1n) is 18.7. The quantitative estimate of drug-likeness (QED) is 0.0555. The van der Waals surface area contributed by atoms with Crippen LogP contribution >= 0.6 is 0 Å². The van der Waals surface area contributed by atoms with Crippen molar-refractivity contribution < 1.29 is 42.8 Å². The van der Waals surface area contributed by atoms with Crippen LogP contribution in [0.25, 0.3) is 44.6 Å². The average Bonchev–Trinajstić information content (AvgIpc) is 3.96. The molecule has 288 valence electrons. The Balaban J connectivity index is 0.969. The molecule has 2 saturated heterocycles. The number of carbonyl (C=O) groups excluding carboxylic acids is 3. The number of hydrogen-bond acceptors (Lipinski definition) is 11. The highest BCUT2D eigenvalue weighted by Crippen LogP contribution is 2.33. The fraction of sp³-hybridized carbons (Fsp3) is 0.326. The van der Waals surface area contributed by atoms with E-state index in [0.29, 0.717) is 24.1 Å². The van der Waals surface area contributed by atoms with Gasteiger partial charge in [0.2, 0.25) is 6.29 Å². The molecule has 2 aliphatic rings. The largest absolute Gasteiger partial charge is 0.511 e. The molecule has 0 saturated carbocycles. The lowest BCUT2D eigenvalue weighted by atomic mass is 9.98. The highest BCUT2D eigenvalue weighted by molar-refractivity contribution is 5.97. The molecule has 13 heteroatoms. The summed E-state index contributed by atoms with van der Waals surface area (Å²) in [6.45, 7) is 6.82. The molecule has 4 aromatic carbocycles. The van der Waals surface area contributed by atoms with Crippen LogP contribution in [0.5, 0.6) is 0 Å². The summed E-state index contributed by atoms with van der Waals surface area (Å²) in [6, 6.07) is 27.7. The first kappa shape index (κ1) is 36.9. The van der Waals surface area contributed by atoms with E-state index in [1.54, 1.807) is 12.1 Å². The molecular weight excluding hydrogens is 716 g/mol. The minimum Gasteiger partial charge on any atom is -0.459 e. The van der Waals surface area contributed by atoms with Crippen molar-refractivity contribution in [1.82, 2.24) is 19.1 Å². The molecule has 8 rings (SSSR count). The van der Waals surface area contributed by atoms with E-state index >= 15 is 0 Å². The van der Waals surface area contributed by atoms with Crippen LogP contribution in [0.3, 0.4) is 0 Å². The van der Waals surface area contributed by atoms with Gasteiger partial charge in [-0.3, -0.25) is 4.79 Å². The molecule has 2 aliphatic heterocycles. The molecule has 0 bridgehead atoms. The number of benzene rings is 4. The molecular formula is C43H42N4O9. The minimum atomic E-state index is -1.25. The zero-order chi connectivity index (χ0) is 38.9. The van der Waals surface area contributed by atoms with Gasteiger partial charge in [0.15, 0.2) is 12.2 Å². The Morgan fingerprint density at radius 3 is 2.39 bits per heavy atom. The van der Waals surface area contributed by atoms with Crippen molar-refractivity contribution in [2.24, 2.45) is 7.05 Å². The summed E-state index contributed by atoms with van der Waals surface area (Å²) in [5, 5.41) is 0. The molecule has 0 spiro atoms. The third kappa shape index (κ3) is 7.11. The number of hydrogen-bond donors (Lipinski definition) is 0. The van der Waals surface area contributed by atoms with E-state index in [4.69, 9.17) is 38.4 Å². The van der Waals surface area contributed by atoms with Crippen molar-refractivity contribution in [2.75, 3.05) is 13.2 Å². The van der Waals surface area contributed by atoms with Crippen molar-refractivity contribution in [2.45, 2.75) is 70.9 Å². The fourth-order valence-corrected chi connectivity index (χ4v) is 7.69. The van der Waals surface area contributed by atoms with Crippen LogP contribution in [0.15, 0.2) is 84.9 Å². The van der Waals surface area contributed by atoms with Gasteiger partial charge in [-0.2, -0.15) is 0 Å². The summed E-state index contributed by atoms with van der Waals surface area (Å²) < 4.78 is 36.8. The van der Waals surface area contributed by atoms with Crippen LogP contribution in [0.4, 0.5) is 4.79 Å². The van der Waals surface area contributed by atoms with E-state index in [-0.39, 0.29) is 13.2 Å². The number of ether oxygens (including phenoxy) is 6. The number of aromatic nitrogens is 4. The number of rotatable bonds is 12. The van der Waals surface area contributed by atoms with E-state index < -0.39 is 42.8 Å². The van der Waals surface area contributed by atoms with Gasteiger partial charge < -0.3 is 37.6 Å². The highest BCUT2D eigenvalue weighted by atomic mass is 16.8. The Hall–Kier alpha value is -6.05. The third-order valence-corrected chi connectivity index (χ3v) is 10.4. The minimum absolute atomic E-state index is 0.0481. The van der Waals surface area contributed by atoms with Crippen LogP contribution in [-0.2, 0) is 53.2 Å². The lowest BCUT2D eigenvalue weighted by Crippen LogP contribution is -2.35. The smallest absolute Gasteiger partial charge is 0.459 e. The van der Waals surface area contributed by atoms with Gasteiger partial charge in [0.1, 0.15) is 23.9 Å². The maximum absolute atomic E-state index is 13.4. The number of aryl methyl sites for hydroxylation is 3. The van der Waals surface area contributed by atoms with E-state index in [1.165, 1.54) is 6.92 Å². The summed E-state index contributed by atoms with van der Waals surface area (Å²) >= 11 is 0. The predicted molar refractivity (Wildman–Crippen MR) is 206 cm³/mol. The molecule has 6 aromatic rings. The number of nitrogens with zero attached hydrogens (tertiary/aromatic N) is 4. The van der Waals surface area contributed by atoms with Crippen LogP contribution < -0.4 is 0 Å². The lowest BCUT2D eigenvalue weighted by Gasteiger charge is -2.19. The average molecular weight is 759 g/mol. The van der Waals surface area contributed by atoms with Gasteiger partial charge >= 0.3 is 12.1 Å². The van der Waals surface area contributed by atoms with Crippen LogP contribution in [0.2, 0.25) is 0 Å². The Kier molecular flexibility index (Phi) is 10.3. The van der Waals surface area contributed by atoms with Gasteiger partial charge in [-0.25, -0.2) is 19.6 Å². The molecule has 0 N–H and O–H groups in total. The monoisotopic (exact) mass is 758 g/mol. The summed E-state index contributed by atoms with van der Waals surface area (Å²) in [4.78, 5) is 46.8. The molecule has 2 fully saturated rings. The van der Waals surface area contributed by atoms with Gasteiger partial charge in [0.25, 0.3) is 6.47 Å². The van der Waals surface area contributed by atoms with Crippen LogP contribution in [0.1, 0.15) is 47.6 Å². The second-order valence-electron chi connectivity index (χ2n) is 14.1. The van der Waals surface area contributed by atoms with Crippen molar-refractivity contribution in [3.05, 3.63) is 107 Å². The third-order valence-electron chi connectivity index (χ3n) is 10.4. The van der Waals surface area contributed by atoms with E-state index in [1.807, 2.05) is 49.5 Å². The topological polar surface area (TPSA) is 142 Å². The Bertz CT molecular complexity index is 2420. The summed E-state index contributed by atoms with van der Waals surface area (Å²) in [7, 11) is 2.05. The molecule has 5 atom stereocenters. The molecule has 0 aliphatic carbocycles. The van der Waals surface area contributed by atoms with Gasteiger partial charge in [0.05, 0.1) is 40.8 Å². The normalized spacial score (nSPS) is 19.5. The molecule has 13 nitrogen and oxygen atoms in total. The Morgan fingerprint density at radius 1 is 0.893 bits per heavy atom. The maximum atomic E-state index is 13.4. The molecule has 1 unspecified atom stereocenters. The summed E-state index contributed by atoms with van der Waals surface area (Å²) in [5.41, 5.74) is 9.08. The van der Waals surface area contributed by atoms with Crippen molar-refractivity contribution in [3.63, 3.8) is 0 Å². The first-order chi connectivity index (χ1) is 27.2. The zero-order valence-corrected chi connectivity index (χ0v) is 31.5. The number of carbonyl (C=O) groups is 3. The molecule has 4 heterocycles. The van der Waals surface area contributed by atoms with Crippen molar-refractivity contribution in [1.29, 1.82) is 0 Å². The van der Waals surface area contributed by atoms with E-state index in [0.717, 1.165) is 68.8 Å². The molecule has 2 aromatic heterocycles. The van der Waals surface area contributed by atoms with Crippen LogP contribution in [-0.4, -0.2) is 81.6 Å². The number of imidazole rings is 2. The highest BCUT2D eigenvalue weighted by Gasteiger charge is 2.51. The number of esters is 1. The fourth-order valence-electron chi connectivity index (χ4n) is 7.69. The lowest BCUT2D eigenvalue weighted by molar-refractivity contribution is -0.138. The predicted octanol–water partition coefficient (Wildman–Crippen LogP) is 6.93. The maximum Gasteiger partial charge on any atom is 0.511 e. The van der Waals surface area contributed by atoms with Gasteiger partial charge in [-0.05, 0) is 65.9 Å². The Labute approximate surface area is 323 Å². The van der Waals surface area contributed by atoms with Gasteiger partial charge in [-0.15, -0.1) is 0 Å². The van der Waals surface area contributed by atoms with E-state index in [9.17, 15) is 14.4 Å². The number of para-hydroxylation sites is 2.